The van der Waals surface area contributed by atoms with Gasteiger partial charge in [-0.15, -0.1) is 0 Å². The minimum absolute atomic E-state index is 0.582. The maximum absolute atomic E-state index is 5.67. The van der Waals surface area contributed by atoms with Crippen LogP contribution in [0.25, 0.3) is 0 Å². The van der Waals surface area contributed by atoms with E-state index < -0.39 is 0 Å². The number of aromatic nitrogens is 2. The fourth-order valence-corrected chi connectivity index (χ4v) is 1.72. The molecule has 0 aliphatic carbocycles. The van der Waals surface area contributed by atoms with Gasteiger partial charge in [-0.3, -0.25) is 0 Å². The van der Waals surface area contributed by atoms with Crippen LogP contribution in [0.2, 0.25) is 0 Å². The van der Waals surface area contributed by atoms with E-state index in [-0.39, 0.29) is 0 Å². The van der Waals surface area contributed by atoms with Crippen molar-refractivity contribution in [2.45, 2.75) is 32.6 Å². The Hall–Kier alpha value is -0.510. The number of hydrogen-bond acceptors (Lipinski definition) is 2. The molecule has 0 radical (unpaired) electrons. The number of nitrogen functional groups attached to an aromatic ring is 1. The van der Waals surface area contributed by atoms with Crippen molar-refractivity contribution in [3.63, 3.8) is 0 Å². The monoisotopic (exact) mass is 245 g/mol. The van der Waals surface area contributed by atoms with E-state index >= 15 is 0 Å². The molecule has 3 nitrogen and oxygen atoms in total. The van der Waals surface area contributed by atoms with E-state index in [4.69, 9.17) is 5.73 Å². The zero-order chi connectivity index (χ0) is 9.84. The quantitative estimate of drug-likeness (QED) is 0.829. The zero-order valence-corrected chi connectivity index (χ0v) is 9.76. The number of aryl methyl sites for hydroxylation is 1. The lowest BCUT2D eigenvalue weighted by molar-refractivity contribution is 0.706. The third-order valence-corrected chi connectivity index (χ3v) is 3.13. The lowest BCUT2D eigenvalue weighted by atomic mass is 10.2. The molecule has 0 aliphatic rings. The largest absolute Gasteiger partial charge is 0.369 e. The van der Waals surface area contributed by atoms with Gasteiger partial charge in [0.1, 0.15) is 4.60 Å². The van der Waals surface area contributed by atoms with Crippen LogP contribution < -0.4 is 5.73 Å². The molecule has 0 spiro atoms. The molecule has 0 bridgehead atoms. The van der Waals surface area contributed by atoms with Crippen LogP contribution in [0.4, 0.5) is 5.95 Å². The summed E-state index contributed by atoms with van der Waals surface area (Å²) in [6.45, 7) is 2.20. The summed E-state index contributed by atoms with van der Waals surface area (Å²) in [6, 6.07) is 0. The smallest absolute Gasteiger partial charge is 0.201 e. The lowest BCUT2D eigenvalue weighted by Crippen LogP contribution is -1.96. The van der Waals surface area contributed by atoms with Gasteiger partial charge in [0.15, 0.2) is 0 Å². The molecule has 74 valence electrons. The number of unbranched alkanes of at least 4 members (excludes halogenated alkanes) is 2. The third-order valence-electron chi connectivity index (χ3n) is 2.14. The molecular formula is C9H16BrN3. The van der Waals surface area contributed by atoms with Crippen molar-refractivity contribution in [1.82, 2.24) is 9.55 Å². The summed E-state index contributed by atoms with van der Waals surface area (Å²) in [6.07, 6.45) is 4.69. The minimum atomic E-state index is 0.582. The average Bonchev–Trinajstić information content (AvgIpc) is 2.34. The fraction of sp³-hybridized carbons (Fsp3) is 0.667. The molecule has 0 atom stereocenters. The first-order valence-electron chi connectivity index (χ1n) is 4.63. The summed E-state index contributed by atoms with van der Waals surface area (Å²) in [5, 5.41) is 0. The molecular weight excluding hydrogens is 230 g/mol. The van der Waals surface area contributed by atoms with Gasteiger partial charge in [-0.2, -0.15) is 0 Å². The van der Waals surface area contributed by atoms with Gasteiger partial charge in [0.05, 0.1) is 5.69 Å². The van der Waals surface area contributed by atoms with Gasteiger partial charge in [0, 0.05) is 7.05 Å². The predicted octanol–water partition coefficient (Wildman–Crippen LogP) is 2.50. The number of imidazole rings is 1. The van der Waals surface area contributed by atoms with E-state index in [2.05, 4.69) is 27.8 Å². The third kappa shape index (κ3) is 2.46. The molecule has 4 heteroatoms. The Morgan fingerprint density at radius 2 is 2.15 bits per heavy atom. The molecule has 0 amide bonds. The van der Waals surface area contributed by atoms with Gasteiger partial charge in [-0.1, -0.05) is 19.8 Å². The van der Waals surface area contributed by atoms with E-state index in [1.165, 1.54) is 19.3 Å². The highest BCUT2D eigenvalue weighted by molar-refractivity contribution is 9.10. The van der Waals surface area contributed by atoms with Crippen molar-refractivity contribution < 1.29 is 0 Å². The SMILES string of the molecule is CCCCCc1nc(N)n(C)c1Br. The van der Waals surface area contributed by atoms with E-state index in [9.17, 15) is 0 Å². The van der Waals surface area contributed by atoms with Crippen LogP contribution in [0.15, 0.2) is 4.60 Å². The van der Waals surface area contributed by atoms with Crippen LogP contribution >= 0.6 is 15.9 Å². The van der Waals surface area contributed by atoms with Crippen LogP contribution in [-0.4, -0.2) is 9.55 Å². The summed E-state index contributed by atoms with van der Waals surface area (Å²) < 4.78 is 2.88. The molecule has 1 heterocycles. The summed E-state index contributed by atoms with van der Waals surface area (Å²) in [5.41, 5.74) is 6.74. The normalized spacial score (nSPS) is 10.7. The molecule has 0 fully saturated rings. The van der Waals surface area contributed by atoms with Crippen molar-refractivity contribution in [1.29, 1.82) is 0 Å². The van der Waals surface area contributed by atoms with Gasteiger partial charge >= 0.3 is 0 Å². The summed E-state index contributed by atoms with van der Waals surface area (Å²) in [5.74, 6) is 0.582. The number of anilines is 1. The highest BCUT2D eigenvalue weighted by atomic mass is 79.9. The Labute approximate surface area is 87.5 Å². The summed E-state index contributed by atoms with van der Waals surface area (Å²) in [7, 11) is 1.91. The molecule has 0 saturated heterocycles. The van der Waals surface area contributed by atoms with Crippen LogP contribution in [-0.2, 0) is 13.5 Å². The Balaban J connectivity index is 2.61. The number of nitrogens with zero attached hydrogens (tertiary/aromatic N) is 2. The maximum atomic E-state index is 5.67. The van der Waals surface area contributed by atoms with Crippen molar-refractivity contribution in [3.8, 4) is 0 Å². The van der Waals surface area contributed by atoms with Gasteiger partial charge in [-0.05, 0) is 28.8 Å². The van der Waals surface area contributed by atoms with E-state index in [0.29, 0.717) is 5.95 Å². The van der Waals surface area contributed by atoms with Gasteiger partial charge in [0.2, 0.25) is 5.95 Å². The Kier molecular flexibility index (Phi) is 3.78. The van der Waals surface area contributed by atoms with Crippen LogP contribution in [0, 0.1) is 0 Å². The number of halogens is 1. The second kappa shape index (κ2) is 4.65. The highest BCUT2D eigenvalue weighted by Gasteiger charge is 2.08. The molecule has 1 aromatic heterocycles. The van der Waals surface area contributed by atoms with Crippen molar-refractivity contribution in [2.75, 3.05) is 5.73 Å². The molecule has 2 N–H and O–H groups in total. The number of rotatable bonds is 4. The van der Waals surface area contributed by atoms with Crippen LogP contribution in [0.3, 0.4) is 0 Å². The van der Waals surface area contributed by atoms with Crippen LogP contribution in [0.1, 0.15) is 31.9 Å². The molecule has 13 heavy (non-hydrogen) atoms. The Morgan fingerprint density at radius 3 is 2.62 bits per heavy atom. The molecule has 0 aliphatic heterocycles. The van der Waals surface area contributed by atoms with E-state index in [0.717, 1.165) is 16.7 Å². The molecule has 0 aromatic carbocycles. The summed E-state index contributed by atoms with van der Waals surface area (Å²) in [4.78, 5) is 4.28. The Morgan fingerprint density at radius 1 is 1.46 bits per heavy atom. The second-order valence-electron chi connectivity index (χ2n) is 3.22. The average molecular weight is 246 g/mol. The first kappa shape index (κ1) is 10.6. The molecule has 0 unspecified atom stereocenters. The topological polar surface area (TPSA) is 43.8 Å². The molecule has 0 saturated carbocycles. The first-order chi connectivity index (χ1) is 6.16. The Bertz CT molecular complexity index is 281. The maximum Gasteiger partial charge on any atom is 0.201 e. The van der Waals surface area contributed by atoms with E-state index in [1.807, 2.05) is 11.6 Å². The lowest BCUT2D eigenvalue weighted by Gasteiger charge is -1.97. The molecule has 1 rings (SSSR count). The second-order valence-corrected chi connectivity index (χ2v) is 3.97. The fourth-order valence-electron chi connectivity index (χ4n) is 1.26. The molecule has 1 aromatic rings. The minimum Gasteiger partial charge on any atom is -0.369 e. The number of hydrogen-bond donors (Lipinski definition) is 1. The van der Waals surface area contributed by atoms with Crippen molar-refractivity contribution >= 4 is 21.9 Å². The van der Waals surface area contributed by atoms with Crippen molar-refractivity contribution in [2.24, 2.45) is 7.05 Å². The predicted molar refractivity (Wildman–Crippen MR) is 58.5 cm³/mol. The standard InChI is InChI=1S/C9H16BrN3/c1-3-4-5-6-7-8(10)13(2)9(11)12-7/h3-6H2,1-2H3,(H2,11,12). The number of nitrogens with two attached hydrogens (primary N) is 1. The van der Waals surface area contributed by atoms with E-state index in [1.54, 1.807) is 0 Å². The first-order valence-corrected chi connectivity index (χ1v) is 5.42. The van der Waals surface area contributed by atoms with Gasteiger partial charge < -0.3 is 10.3 Å². The zero-order valence-electron chi connectivity index (χ0n) is 8.18. The van der Waals surface area contributed by atoms with Crippen molar-refractivity contribution in [3.05, 3.63) is 10.3 Å². The van der Waals surface area contributed by atoms with Gasteiger partial charge in [0.25, 0.3) is 0 Å². The summed E-state index contributed by atoms with van der Waals surface area (Å²) >= 11 is 3.47. The van der Waals surface area contributed by atoms with Gasteiger partial charge in [-0.25, -0.2) is 4.98 Å². The highest BCUT2D eigenvalue weighted by Crippen LogP contribution is 2.20. The van der Waals surface area contributed by atoms with Crippen LogP contribution in [0.5, 0.6) is 0 Å².